The Morgan fingerprint density at radius 3 is 2.48 bits per heavy atom. The van der Waals surface area contributed by atoms with Gasteiger partial charge in [0, 0.05) is 64.9 Å². The average Bonchev–Trinajstić information content (AvgIpc) is 2.53. The zero-order valence-corrected chi connectivity index (χ0v) is 14.0. The van der Waals surface area contributed by atoms with Gasteiger partial charge in [-0.3, -0.25) is 14.9 Å². The Bertz CT molecular complexity index is 581. The number of nitro groups is 1. The van der Waals surface area contributed by atoms with Crippen LogP contribution in [0, 0.1) is 10.1 Å². The highest BCUT2D eigenvalue weighted by Crippen LogP contribution is 2.28. The van der Waals surface area contributed by atoms with Crippen molar-refractivity contribution in [3.8, 4) is 0 Å². The minimum Gasteiger partial charge on any atom is -0.372 e. The van der Waals surface area contributed by atoms with Crippen LogP contribution in [-0.2, 0) is 0 Å². The van der Waals surface area contributed by atoms with Gasteiger partial charge in [0.15, 0.2) is 5.78 Å². The van der Waals surface area contributed by atoms with E-state index < -0.39 is 4.92 Å². The van der Waals surface area contributed by atoms with Crippen molar-refractivity contribution in [2.24, 2.45) is 0 Å². The second kappa shape index (κ2) is 7.52. The lowest BCUT2D eigenvalue weighted by Gasteiger charge is -2.32. The second-order valence-electron chi connectivity index (χ2n) is 6.17. The molecule has 2 rings (SSSR count). The van der Waals surface area contributed by atoms with Gasteiger partial charge in [-0.15, -0.1) is 0 Å². The van der Waals surface area contributed by atoms with Crippen molar-refractivity contribution in [3.05, 3.63) is 33.9 Å². The van der Waals surface area contributed by atoms with E-state index in [1.165, 1.54) is 6.07 Å². The molecule has 1 aliphatic heterocycles. The van der Waals surface area contributed by atoms with Gasteiger partial charge in [0.2, 0.25) is 0 Å². The van der Waals surface area contributed by atoms with Crippen LogP contribution in [0.4, 0.5) is 11.4 Å². The zero-order chi connectivity index (χ0) is 17.0. The first-order chi connectivity index (χ1) is 10.9. The van der Waals surface area contributed by atoms with Crippen LogP contribution in [0.25, 0.3) is 0 Å². The number of Topliss-reactive ketones (excluding diaryl/α,β-unsaturated/α-hetero) is 1. The lowest BCUT2D eigenvalue weighted by atomic mass is 10.1. The Labute approximate surface area is 136 Å². The molecule has 0 bridgehead atoms. The van der Waals surface area contributed by atoms with Gasteiger partial charge in [-0.1, -0.05) is 0 Å². The molecule has 0 aliphatic carbocycles. The first-order valence-electron chi connectivity index (χ1n) is 7.78. The molecule has 0 N–H and O–H groups in total. The van der Waals surface area contributed by atoms with Crippen molar-refractivity contribution >= 4 is 17.2 Å². The van der Waals surface area contributed by atoms with E-state index in [2.05, 4.69) is 16.8 Å². The van der Waals surface area contributed by atoms with Crippen LogP contribution in [-0.4, -0.2) is 74.4 Å². The number of benzene rings is 1. The lowest BCUT2D eigenvalue weighted by Crippen LogP contribution is -2.45. The molecule has 0 aromatic heterocycles. The Kier molecular flexibility index (Phi) is 5.68. The summed E-state index contributed by atoms with van der Waals surface area (Å²) < 4.78 is 0. The van der Waals surface area contributed by atoms with Crippen LogP contribution >= 0.6 is 0 Å². The maximum Gasteiger partial charge on any atom is 0.293 e. The number of carbonyl (C=O) groups excluding carboxylic acids is 1. The number of hydrogen-bond donors (Lipinski definition) is 0. The van der Waals surface area contributed by atoms with E-state index in [-0.39, 0.29) is 11.5 Å². The van der Waals surface area contributed by atoms with Crippen molar-refractivity contribution in [2.45, 2.75) is 6.42 Å². The Morgan fingerprint density at radius 2 is 1.91 bits per heavy atom. The third kappa shape index (κ3) is 4.49. The molecule has 1 saturated heterocycles. The van der Waals surface area contributed by atoms with Gasteiger partial charge in [0.1, 0.15) is 5.69 Å². The molecule has 0 spiro atoms. The molecule has 126 valence electrons. The number of anilines is 1. The van der Waals surface area contributed by atoms with E-state index in [1.54, 1.807) is 31.1 Å². The topological polar surface area (TPSA) is 69.9 Å². The summed E-state index contributed by atoms with van der Waals surface area (Å²) in [5, 5.41) is 11.2. The van der Waals surface area contributed by atoms with E-state index in [4.69, 9.17) is 0 Å². The summed E-state index contributed by atoms with van der Waals surface area (Å²) in [5.74, 6) is -0.0441. The smallest absolute Gasteiger partial charge is 0.293 e. The molecule has 1 aliphatic rings. The largest absolute Gasteiger partial charge is 0.372 e. The number of nitrogens with zero attached hydrogens (tertiary/aromatic N) is 4. The number of nitro benzene ring substituents is 1. The maximum absolute atomic E-state index is 12.3. The van der Waals surface area contributed by atoms with Gasteiger partial charge in [-0.25, -0.2) is 0 Å². The van der Waals surface area contributed by atoms with E-state index >= 15 is 0 Å². The van der Waals surface area contributed by atoms with Gasteiger partial charge in [-0.2, -0.15) is 0 Å². The summed E-state index contributed by atoms with van der Waals surface area (Å²) in [4.78, 5) is 29.3. The molecule has 1 aromatic carbocycles. The number of hydrogen-bond acceptors (Lipinski definition) is 6. The van der Waals surface area contributed by atoms with Gasteiger partial charge < -0.3 is 14.7 Å². The molecule has 0 saturated carbocycles. The van der Waals surface area contributed by atoms with E-state index in [0.717, 1.165) is 26.2 Å². The van der Waals surface area contributed by atoms with Gasteiger partial charge in [-0.05, 0) is 19.2 Å². The van der Waals surface area contributed by atoms with Crippen molar-refractivity contribution in [3.63, 3.8) is 0 Å². The second-order valence-corrected chi connectivity index (χ2v) is 6.17. The van der Waals surface area contributed by atoms with Gasteiger partial charge >= 0.3 is 0 Å². The summed E-state index contributed by atoms with van der Waals surface area (Å²) >= 11 is 0. The van der Waals surface area contributed by atoms with Crippen LogP contribution in [0.15, 0.2) is 18.2 Å². The van der Waals surface area contributed by atoms with Crippen molar-refractivity contribution < 1.29 is 9.72 Å². The van der Waals surface area contributed by atoms with Gasteiger partial charge in [0.05, 0.1) is 4.92 Å². The summed E-state index contributed by atoms with van der Waals surface area (Å²) in [6.07, 6.45) is 0.391. The Hall–Kier alpha value is -1.99. The van der Waals surface area contributed by atoms with Crippen LogP contribution in [0.3, 0.4) is 0 Å². The van der Waals surface area contributed by atoms with Crippen molar-refractivity contribution in [2.75, 3.05) is 58.8 Å². The maximum atomic E-state index is 12.3. The number of rotatable bonds is 6. The molecule has 1 heterocycles. The predicted octanol–water partition coefficient (Wildman–Crippen LogP) is 1.48. The average molecular weight is 320 g/mol. The molecule has 7 heteroatoms. The highest BCUT2D eigenvalue weighted by atomic mass is 16.6. The minimum absolute atomic E-state index is 0.0274. The van der Waals surface area contributed by atoms with E-state index in [9.17, 15) is 14.9 Å². The first-order valence-corrected chi connectivity index (χ1v) is 7.78. The SMILES string of the molecule is CN1CCN(CCC(=O)c2ccc(N(C)C)c([N+](=O)[O-])c2)CC1. The number of likely N-dealkylation sites (N-methyl/N-ethyl adjacent to an activating group) is 1. The number of ketones is 1. The monoisotopic (exact) mass is 320 g/mol. The van der Waals surface area contributed by atoms with Crippen LogP contribution < -0.4 is 4.90 Å². The molecule has 0 amide bonds. The highest BCUT2D eigenvalue weighted by Gasteiger charge is 2.20. The third-order valence-corrected chi connectivity index (χ3v) is 4.23. The molecule has 0 unspecified atom stereocenters. The zero-order valence-electron chi connectivity index (χ0n) is 14.0. The predicted molar refractivity (Wildman–Crippen MR) is 90.3 cm³/mol. The number of piperazine rings is 1. The standard InChI is InChI=1S/C16H24N4O3/c1-17(2)14-5-4-13(12-15(14)20(22)23)16(21)6-7-19-10-8-18(3)9-11-19/h4-5,12H,6-11H2,1-3H3. The fourth-order valence-corrected chi connectivity index (χ4v) is 2.70. The van der Waals surface area contributed by atoms with E-state index in [1.807, 2.05) is 0 Å². The molecule has 0 atom stereocenters. The molecule has 23 heavy (non-hydrogen) atoms. The summed E-state index contributed by atoms with van der Waals surface area (Å²) in [6, 6.07) is 4.71. The van der Waals surface area contributed by atoms with Crippen LogP contribution in [0.2, 0.25) is 0 Å². The van der Waals surface area contributed by atoms with Crippen LogP contribution in [0.1, 0.15) is 16.8 Å². The third-order valence-electron chi connectivity index (χ3n) is 4.23. The van der Waals surface area contributed by atoms with Crippen molar-refractivity contribution in [1.29, 1.82) is 0 Å². The summed E-state index contributed by atoms with van der Waals surface area (Å²) in [6.45, 7) is 4.65. The summed E-state index contributed by atoms with van der Waals surface area (Å²) in [7, 11) is 5.59. The first kappa shape index (κ1) is 17.4. The van der Waals surface area contributed by atoms with E-state index in [0.29, 0.717) is 24.2 Å². The fraction of sp³-hybridized carbons (Fsp3) is 0.562. The molecule has 7 nitrogen and oxygen atoms in total. The van der Waals surface area contributed by atoms with Gasteiger partial charge in [0.25, 0.3) is 5.69 Å². The highest BCUT2D eigenvalue weighted by molar-refractivity contribution is 5.97. The normalized spacial score (nSPS) is 16.3. The molecular formula is C16H24N4O3. The number of carbonyl (C=O) groups is 1. The molecular weight excluding hydrogens is 296 g/mol. The quantitative estimate of drug-likeness (QED) is 0.449. The minimum atomic E-state index is -0.438. The molecule has 1 fully saturated rings. The Morgan fingerprint density at radius 1 is 1.26 bits per heavy atom. The molecule has 1 aromatic rings. The lowest BCUT2D eigenvalue weighted by molar-refractivity contribution is -0.384. The summed E-state index contributed by atoms with van der Waals surface area (Å²) in [5.41, 5.74) is 0.891. The fourth-order valence-electron chi connectivity index (χ4n) is 2.70. The molecule has 0 radical (unpaired) electrons. The Balaban J connectivity index is 2.02. The van der Waals surface area contributed by atoms with Crippen molar-refractivity contribution in [1.82, 2.24) is 9.80 Å². The van der Waals surface area contributed by atoms with Crippen LogP contribution in [0.5, 0.6) is 0 Å².